The van der Waals surface area contributed by atoms with Crippen LogP contribution in [-0.4, -0.2) is 7.11 Å². The molecule has 0 saturated carbocycles. The number of nitrogens with zero attached hydrogens (tertiary/aromatic N) is 1. The Kier molecular flexibility index (Phi) is 5.46. The summed E-state index contributed by atoms with van der Waals surface area (Å²) in [6.07, 6.45) is 0. The number of benzene rings is 3. The lowest BCUT2D eigenvalue weighted by Crippen LogP contribution is -2.26. The lowest BCUT2D eigenvalue weighted by atomic mass is 9.96. The average molecular weight is 328 g/mol. The minimum atomic E-state index is -0.444. The van der Waals surface area contributed by atoms with E-state index in [-0.39, 0.29) is 6.04 Å². The van der Waals surface area contributed by atoms with E-state index in [0.717, 1.165) is 22.4 Å². The molecule has 0 amide bonds. The molecule has 0 spiro atoms. The van der Waals surface area contributed by atoms with Gasteiger partial charge in [-0.2, -0.15) is 5.26 Å². The summed E-state index contributed by atoms with van der Waals surface area (Å²) in [6, 6.07) is 29.8. The van der Waals surface area contributed by atoms with Crippen LogP contribution in [0.4, 0.5) is 0 Å². The largest absolute Gasteiger partial charge is 0.497 e. The van der Waals surface area contributed by atoms with Crippen LogP contribution in [0.5, 0.6) is 5.75 Å². The maximum absolute atomic E-state index is 9.73. The van der Waals surface area contributed by atoms with Gasteiger partial charge >= 0.3 is 0 Å². The summed E-state index contributed by atoms with van der Waals surface area (Å²) in [5, 5.41) is 13.2. The fourth-order valence-corrected chi connectivity index (χ4v) is 2.87. The fourth-order valence-electron chi connectivity index (χ4n) is 2.87. The Bertz CT molecular complexity index is 801. The van der Waals surface area contributed by atoms with Crippen molar-refractivity contribution in [3.63, 3.8) is 0 Å². The van der Waals surface area contributed by atoms with Gasteiger partial charge in [0.1, 0.15) is 11.8 Å². The van der Waals surface area contributed by atoms with Crippen molar-refractivity contribution >= 4 is 0 Å². The number of ether oxygens (including phenoxy) is 1. The predicted octanol–water partition coefficient (Wildman–Crippen LogP) is 4.64. The number of methoxy groups -OCH3 is 1. The SMILES string of the molecule is COc1cccc(C(C#N)NC(c2ccccc2)c2ccccc2)c1. The van der Waals surface area contributed by atoms with Crippen LogP contribution in [0, 0.1) is 11.3 Å². The Morgan fingerprint density at radius 1 is 0.800 bits per heavy atom. The molecule has 3 nitrogen and oxygen atoms in total. The molecule has 0 aliphatic carbocycles. The van der Waals surface area contributed by atoms with E-state index in [2.05, 4.69) is 35.7 Å². The zero-order chi connectivity index (χ0) is 17.5. The zero-order valence-electron chi connectivity index (χ0n) is 14.1. The Morgan fingerprint density at radius 2 is 1.36 bits per heavy atom. The Labute approximate surface area is 148 Å². The van der Waals surface area contributed by atoms with Gasteiger partial charge in [0.25, 0.3) is 0 Å². The van der Waals surface area contributed by atoms with E-state index in [0.29, 0.717) is 0 Å². The normalized spacial score (nSPS) is 11.7. The highest BCUT2D eigenvalue weighted by molar-refractivity contribution is 5.36. The summed E-state index contributed by atoms with van der Waals surface area (Å²) in [5.74, 6) is 0.746. The second-order valence-electron chi connectivity index (χ2n) is 5.76. The van der Waals surface area contributed by atoms with E-state index < -0.39 is 6.04 Å². The highest BCUT2D eigenvalue weighted by Gasteiger charge is 2.20. The first-order valence-corrected chi connectivity index (χ1v) is 8.21. The van der Waals surface area contributed by atoms with Crippen LogP contribution in [-0.2, 0) is 0 Å². The van der Waals surface area contributed by atoms with Crippen LogP contribution in [0.2, 0.25) is 0 Å². The van der Waals surface area contributed by atoms with Gasteiger partial charge in [0.15, 0.2) is 0 Å². The van der Waals surface area contributed by atoms with E-state index in [4.69, 9.17) is 4.74 Å². The molecule has 3 rings (SSSR count). The van der Waals surface area contributed by atoms with Gasteiger partial charge in [-0.05, 0) is 28.8 Å². The lowest BCUT2D eigenvalue weighted by Gasteiger charge is -2.23. The van der Waals surface area contributed by atoms with Gasteiger partial charge in [-0.25, -0.2) is 0 Å². The maximum atomic E-state index is 9.73. The number of rotatable bonds is 6. The van der Waals surface area contributed by atoms with E-state index in [1.165, 1.54) is 0 Å². The van der Waals surface area contributed by atoms with Crippen molar-refractivity contribution in [2.75, 3.05) is 7.11 Å². The molecule has 1 N–H and O–H groups in total. The number of hydrogen-bond donors (Lipinski definition) is 1. The third kappa shape index (κ3) is 4.06. The quantitative estimate of drug-likeness (QED) is 0.717. The summed E-state index contributed by atoms with van der Waals surface area (Å²) >= 11 is 0. The fraction of sp³-hybridized carbons (Fsp3) is 0.136. The maximum Gasteiger partial charge on any atom is 0.122 e. The van der Waals surface area contributed by atoms with E-state index in [9.17, 15) is 5.26 Å². The molecule has 3 aromatic carbocycles. The minimum Gasteiger partial charge on any atom is -0.497 e. The third-order valence-corrected chi connectivity index (χ3v) is 4.16. The summed E-state index contributed by atoms with van der Waals surface area (Å²) in [7, 11) is 1.63. The van der Waals surface area contributed by atoms with Crippen molar-refractivity contribution in [3.8, 4) is 11.8 Å². The highest BCUT2D eigenvalue weighted by Crippen LogP contribution is 2.27. The monoisotopic (exact) mass is 328 g/mol. The average Bonchev–Trinajstić information content (AvgIpc) is 2.70. The standard InChI is InChI=1S/C22H20N2O/c1-25-20-14-8-13-19(15-20)21(16-23)24-22(17-9-4-2-5-10-17)18-11-6-3-7-12-18/h2-15,21-22,24H,1H3. The molecule has 0 aromatic heterocycles. The predicted molar refractivity (Wildman–Crippen MR) is 99.2 cm³/mol. The second-order valence-corrected chi connectivity index (χ2v) is 5.76. The van der Waals surface area contributed by atoms with Gasteiger partial charge in [-0.1, -0.05) is 72.8 Å². The Hall–Kier alpha value is -3.09. The molecular weight excluding hydrogens is 308 g/mol. The number of hydrogen-bond acceptors (Lipinski definition) is 3. The molecule has 124 valence electrons. The molecule has 0 aliphatic heterocycles. The van der Waals surface area contributed by atoms with Crippen molar-refractivity contribution in [2.45, 2.75) is 12.1 Å². The van der Waals surface area contributed by atoms with Gasteiger partial charge in [0.2, 0.25) is 0 Å². The first-order chi connectivity index (χ1) is 12.3. The van der Waals surface area contributed by atoms with Crippen LogP contribution in [0.15, 0.2) is 84.9 Å². The van der Waals surface area contributed by atoms with Crippen LogP contribution < -0.4 is 10.1 Å². The molecule has 0 radical (unpaired) electrons. The molecule has 0 bridgehead atoms. The molecule has 25 heavy (non-hydrogen) atoms. The van der Waals surface area contributed by atoms with Crippen molar-refractivity contribution in [3.05, 3.63) is 102 Å². The molecule has 3 aromatic rings. The zero-order valence-corrected chi connectivity index (χ0v) is 14.1. The number of nitrogens with one attached hydrogen (secondary N) is 1. The van der Waals surface area contributed by atoms with Gasteiger partial charge in [0.05, 0.1) is 19.2 Å². The Balaban J connectivity index is 1.95. The smallest absolute Gasteiger partial charge is 0.122 e. The third-order valence-electron chi connectivity index (χ3n) is 4.16. The molecule has 1 unspecified atom stereocenters. The molecule has 0 aliphatic rings. The molecule has 0 heterocycles. The van der Waals surface area contributed by atoms with E-state index in [1.807, 2.05) is 60.7 Å². The van der Waals surface area contributed by atoms with E-state index >= 15 is 0 Å². The molecule has 0 saturated heterocycles. The van der Waals surface area contributed by atoms with Gasteiger partial charge in [-0.15, -0.1) is 0 Å². The van der Waals surface area contributed by atoms with Crippen molar-refractivity contribution < 1.29 is 4.74 Å². The summed E-state index contributed by atoms with van der Waals surface area (Å²) < 4.78 is 5.29. The second kappa shape index (κ2) is 8.14. The first kappa shape index (κ1) is 16.8. The first-order valence-electron chi connectivity index (χ1n) is 8.21. The topological polar surface area (TPSA) is 45.0 Å². The highest BCUT2D eigenvalue weighted by atomic mass is 16.5. The van der Waals surface area contributed by atoms with Gasteiger partial charge in [-0.3, -0.25) is 5.32 Å². The van der Waals surface area contributed by atoms with E-state index in [1.54, 1.807) is 7.11 Å². The van der Waals surface area contributed by atoms with Crippen LogP contribution in [0.3, 0.4) is 0 Å². The van der Waals surface area contributed by atoms with Crippen molar-refractivity contribution in [1.82, 2.24) is 5.32 Å². The molecule has 1 atom stereocenters. The van der Waals surface area contributed by atoms with Gasteiger partial charge < -0.3 is 4.74 Å². The van der Waals surface area contributed by atoms with Crippen molar-refractivity contribution in [2.24, 2.45) is 0 Å². The lowest BCUT2D eigenvalue weighted by molar-refractivity contribution is 0.413. The number of nitriles is 1. The minimum absolute atomic E-state index is 0.0711. The molecular formula is C22H20N2O. The molecule has 3 heteroatoms. The summed E-state index contributed by atoms with van der Waals surface area (Å²) in [4.78, 5) is 0. The Morgan fingerprint density at radius 3 is 1.88 bits per heavy atom. The van der Waals surface area contributed by atoms with Crippen molar-refractivity contribution in [1.29, 1.82) is 5.26 Å². The summed E-state index contributed by atoms with van der Waals surface area (Å²) in [6.45, 7) is 0. The van der Waals surface area contributed by atoms with Crippen LogP contribution >= 0.6 is 0 Å². The van der Waals surface area contributed by atoms with Gasteiger partial charge in [0, 0.05) is 0 Å². The summed E-state index contributed by atoms with van der Waals surface area (Å²) in [5.41, 5.74) is 3.13. The molecule has 0 fully saturated rings. The van der Waals surface area contributed by atoms with Crippen LogP contribution in [0.25, 0.3) is 0 Å². The van der Waals surface area contributed by atoms with Crippen LogP contribution in [0.1, 0.15) is 28.8 Å².